The number of rotatable bonds is 1. The van der Waals surface area contributed by atoms with Crippen molar-refractivity contribution in [1.82, 2.24) is 0 Å². The Morgan fingerprint density at radius 3 is 2.21 bits per heavy atom. The summed E-state index contributed by atoms with van der Waals surface area (Å²) in [6.45, 7) is 6.15. The molecule has 78 valence electrons. The van der Waals surface area contributed by atoms with Gasteiger partial charge in [0.15, 0.2) is 0 Å². The maximum atomic E-state index is 9.86. The van der Waals surface area contributed by atoms with Gasteiger partial charge in [-0.05, 0) is 17.5 Å². The van der Waals surface area contributed by atoms with Crippen LogP contribution in [0.15, 0.2) is 12.1 Å². The van der Waals surface area contributed by atoms with E-state index in [-0.39, 0.29) is 23.5 Å². The van der Waals surface area contributed by atoms with Crippen LogP contribution in [-0.4, -0.2) is 10.2 Å². The lowest BCUT2D eigenvalue weighted by atomic mass is 9.85. The molecular formula is C11H17NO2. The predicted octanol–water partition coefficient (Wildman–Crippen LogP) is 1.85. The Morgan fingerprint density at radius 2 is 1.79 bits per heavy atom. The number of nitrogens with two attached hydrogens (primary N) is 1. The molecule has 0 amide bonds. The highest BCUT2D eigenvalue weighted by Crippen LogP contribution is 2.35. The highest BCUT2D eigenvalue weighted by Gasteiger charge is 2.20. The third-order valence-corrected chi connectivity index (χ3v) is 2.20. The van der Waals surface area contributed by atoms with E-state index < -0.39 is 0 Å². The van der Waals surface area contributed by atoms with Crippen LogP contribution in [0, 0.1) is 0 Å². The van der Waals surface area contributed by atoms with Gasteiger partial charge in [0.2, 0.25) is 0 Å². The first-order chi connectivity index (χ1) is 6.36. The van der Waals surface area contributed by atoms with Crippen LogP contribution in [0.4, 0.5) is 0 Å². The van der Waals surface area contributed by atoms with Gasteiger partial charge in [-0.25, -0.2) is 0 Å². The maximum absolute atomic E-state index is 9.86. The molecule has 0 aliphatic heterocycles. The van der Waals surface area contributed by atoms with Crippen LogP contribution in [0.2, 0.25) is 0 Å². The molecule has 0 saturated carbocycles. The van der Waals surface area contributed by atoms with Gasteiger partial charge in [-0.2, -0.15) is 0 Å². The monoisotopic (exact) mass is 195 g/mol. The van der Waals surface area contributed by atoms with Crippen molar-refractivity contribution in [2.75, 3.05) is 0 Å². The Balaban J connectivity index is 3.37. The first kappa shape index (κ1) is 10.9. The number of aromatic hydroxyl groups is 2. The Labute approximate surface area is 84.2 Å². The zero-order chi connectivity index (χ0) is 10.9. The molecule has 0 heterocycles. The zero-order valence-electron chi connectivity index (χ0n) is 8.83. The van der Waals surface area contributed by atoms with Crippen molar-refractivity contribution >= 4 is 0 Å². The highest BCUT2D eigenvalue weighted by molar-refractivity contribution is 5.48. The van der Waals surface area contributed by atoms with E-state index >= 15 is 0 Å². The minimum Gasteiger partial charge on any atom is -0.508 e. The summed E-state index contributed by atoms with van der Waals surface area (Å²) < 4.78 is 0. The summed E-state index contributed by atoms with van der Waals surface area (Å²) in [6.07, 6.45) is 0. The van der Waals surface area contributed by atoms with E-state index in [2.05, 4.69) is 0 Å². The Kier molecular flexibility index (Phi) is 2.71. The predicted molar refractivity (Wildman–Crippen MR) is 56.4 cm³/mol. The van der Waals surface area contributed by atoms with Crippen LogP contribution in [-0.2, 0) is 12.0 Å². The van der Waals surface area contributed by atoms with Crippen molar-refractivity contribution in [3.05, 3.63) is 23.3 Å². The fourth-order valence-electron chi connectivity index (χ4n) is 1.41. The third kappa shape index (κ3) is 1.99. The average molecular weight is 195 g/mol. The fourth-order valence-corrected chi connectivity index (χ4v) is 1.41. The second-order valence-corrected chi connectivity index (χ2v) is 4.46. The average Bonchev–Trinajstić information content (AvgIpc) is 2.06. The second kappa shape index (κ2) is 3.50. The van der Waals surface area contributed by atoms with Gasteiger partial charge in [-0.15, -0.1) is 0 Å². The van der Waals surface area contributed by atoms with Gasteiger partial charge in [-0.3, -0.25) is 0 Å². The molecule has 0 aromatic heterocycles. The second-order valence-electron chi connectivity index (χ2n) is 4.46. The lowest BCUT2D eigenvalue weighted by Gasteiger charge is -2.22. The Hall–Kier alpha value is -1.22. The van der Waals surface area contributed by atoms with E-state index in [4.69, 9.17) is 5.73 Å². The first-order valence-corrected chi connectivity index (χ1v) is 4.61. The standard InChI is InChI=1S/C11H17NO2/c1-11(2,3)9-5-8(13)4-7(6-12)10(9)14/h4-5,13-14H,6,12H2,1-3H3. The summed E-state index contributed by atoms with van der Waals surface area (Å²) in [5.41, 5.74) is 6.56. The van der Waals surface area contributed by atoms with E-state index in [1.165, 1.54) is 6.07 Å². The van der Waals surface area contributed by atoms with E-state index in [1.807, 2.05) is 20.8 Å². The number of benzene rings is 1. The Morgan fingerprint density at radius 1 is 1.21 bits per heavy atom. The number of hydrogen-bond acceptors (Lipinski definition) is 3. The third-order valence-electron chi connectivity index (χ3n) is 2.20. The van der Waals surface area contributed by atoms with Crippen LogP contribution in [0.1, 0.15) is 31.9 Å². The SMILES string of the molecule is CC(C)(C)c1cc(O)cc(CN)c1O. The van der Waals surface area contributed by atoms with Crippen molar-refractivity contribution < 1.29 is 10.2 Å². The normalized spacial score (nSPS) is 11.7. The van der Waals surface area contributed by atoms with Crippen LogP contribution >= 0.6 is 0 Å². The van der Waals surface area contributed by atoms with E-state index in [0.29, 0.717) is 5.56 Å². The van der Waals surface area contributed by atoms with Crippen LogP contribution in [0.25, 0.3) is 0 Å². The van der Waals surface area contributed by atoms with E-state index in [0.717, 1.165) is 5.56 Å². The quantitative estimate of drug-likeness (QED) is 0.599. The summed E-state index contributed by atoms with van der Waals surface area (Å²) in [5.74, 6) is 0.339. The number of hydrogen-bond donors (Lipinski definition) is 3. The molecule has 0 unspecified atom stereocenters. The summed E-state index contributed by atoms with van der Waals surface area (Å²) >= 11 is 0. The molecule has 3 nitrogen and oxygen atoms in total. The molecule has 0 saturated heterocycles. The van der Waals surface area contributed by atoms with Gasteiger partial charge >= 0.3 is 0 Å². The van der Waals surface area contributed by atoms with E-state index in [1.54, 1.807) is 6.07 Å². The van der Waals surface area contributed by atoms with Crippen LogP contribution in [0.3, 0.4) is 0 Å². The molecule has 0 spiro atoms. The molecule has 1 aromatic rings. The molecule has 0 bridgehead atoms. The minimum absolute atomic E-state index is 0.146. The van der Waals surface area contributed by atoms with Crippen LogP contribution < -0.4 is 5.73 Å². The lowest BCUT2D eigenvalue weighted by molar-refractivity contribution is 0.429. The minimum atomic E-state index is -0.202. The van der Waals surface area contributed by atoms with Gasteiger partial charge in [-0.1, -0.05) is 20.8 Å². The molecule has 0 atom stereocenters. The summed E-state index contributed by atoms with van der Waals surface area (Å²) in [7, 11) is 0. The van der Waals surface area contributed by atoms with E-state index in [9.17, 15) is 10.2 Å². The van der Waals surface area contributed by atoms with Crippen molar-refractivity contribution in [3.8, 4) is 11.5 Å². The summed E-state index contributed by atoms with van der Waals surface area (Å²) in [6, 6.07) is 3.07. The van der Waals surface area contributed by atoms with Crippen molar-refractivity contribution in [3.63, 3.8) is 0 Å². The number of phenols is 2. The molecule has 1 aromatic carbocycles. The molecule has 1 rings (SSSR count). The molecular weight excluding hydrogens is 178 g/mol. The molecule has 4 N–H and O–H groups in total. The van der Waals surface area contributed by atoms with Gasteiger partial charge in [0.25, 0.3) is 0 Å². The molecule has 0 radical (unpaired) electrons. The largest absolute Gasteiger partial charge is 0.508 e. The first-order valence-electron chi connectivity index (χ1n) is 4.61. The zero-order valence-corrected chi connectivity index (χ0v) is 8.83. The van der Waals surface area contributed by atoms with Crippen molar-refractivity contribution in [2.24, 2.45) is 5.73 Å². The molecule has 14 heavy (non-hydrogen) atoms. The highest BCUT2D eigenvalue weighted by atomic mass is 16.3. The fraction of sp³-hybridized carbons (Fsp3) is 0.455. The maximum Gasteiger partial charge on any atom is 0.124 e. The van der Waals surface area contributed by atoms with Crippen LogP contribution in [0.5, 0.6) is 11.5 Å². The molecule has 0 fully saturated rings. The summed E-state index contributed by atoms with van der Waals surface area (Å²) in [5, 5.41) is 19.3. The van der Waals surface area contributed by atoms with Gasteiger partial charge in [0.1, 0.15) is 11.5 Å². The topological polar surface area (TPSA) is 66.5 Å². The molecule has 3 heteroatoms. The lowest BCUT2D eigenvalue weighted by Crippen LogP contribution is -2.12. The number of phenolic OH excluding ortho intramolecular Hbond substituents is 2. The summed E-state index contributed by atoms with van der Waals surface area (Å²) in [4.78, 5) is 0. The smallest absolute Gasteiger partial charge is 0.124 e. The van der Waals surface area contributed by atoms with Gasteiger partial charge in [0, 0.05) is 17.7 Å². The van der Waals surface area contributed by atoms with Gasteiger partial charge in [0.05, 0.1) is 0 Å². The Bertz CT molecular complexity index is 340. The molecule has 0 aliphatic rings. The van der Waals surface area contributed by atoms with Crippen molar-refractivity contribution in [2.45, 2.75) is 32.7 Å². The van der Waals surface area contributed by atoms with Crippen molar-refractivity contribution in [1.29, 1.82) is 0 Å². The van der Waals surface area contributed by atoms with Gasteiger partial charge < -0.3 is 15.9 Å². The molecule has 0 aliphatic carbocycles.